The second-order valence-corrected chi connectivity index (χ2v) is 5.77. The van der Waals surface area contributed by atoms with Crippen molar-refractivity contribution in [2.75, 3.05) is 19.7 Å². The van der Waals surface area contributed by atoms with Gasteiger partial charge in [-0.25, -0.2) is 4.98 Å². The average molecular weight is 331 g/mol. The highest BCUT2D eigenvalue weighted by Crippen LogP contribution is 2.25. The van der Waals surface area contributed by atoms with E-state index < -0.39 is 18.7 Å². The van der Waals surface area contributed by atoms with Gasteiger partial charge in [-0.15, -0.1) is 0 Å². The molecule has 1 aliphatic rings. The molecule has 2 rings (SSSR count). The Hall–Kier alpha value is -1.83. The van der Waals surface area contributed by atoms with E-state index in [9.17, 15) is 18.0 Å². The first-order valence-corrected chi connectivity index (χ1v) is 7.47. The zero-order valence-corrected chi connectivity index (χ0v) is 12.8. The number of nitrogens with two attached hydrogens (primary N) is 1. The molecule has 1 amide bonds. The van der Waals surface area contributed by atoms with E-state index in [1.165, 1.54) is 18.3 Å². The van der Waals surface area contributed by atoms with E-state index >= 15 is 0 Å². The molecular weight excluding hydrogens is 311 g/mol. The fraction of sp³-hybridized carbons (Fsp3) is 0.600. The molecule has 8 heteroatoms. The van der Waals surface area contributed by atoms with E-state index in [2.05, 4.69) is 4.98 Å². The van der Waals surface area contributed by atoms with Gasteiger partial charge in [0.1, 0.15) is 0 Å². The number of rotatable bonds is 4. The van der Waals surface area contributed by atoms with Crippen LogP contribution in [-0.4, -0.2) is 47.7 Å². The summed E-state index contributed by atoms with van der Waals surface area (Å²) < 4.78 is 41.7. The largest absolute Gasteiger partial charge is 0.482 e. The summed E-state index contributed by atoms with van der Waals surface area (Å²) in [5, 5.41) is 0. The van der Waals surface area contributed by atoms with Gasteiger partial charge < -0.3 is 15.4 Å². The topological polar surface area (TPSA) is 68.5 Å². The summed E-state index contributed by atoms with van der Waals surface area (Å²) in [5.74, 6) is -0.401. The van der Waals surface area contributed by atoms with Gasteiger partial charge in [-0.1, -0.05) is 0 Å². The third-order valence-corrected chi connectivity index (χ3v) is 3.85. The van der Waals surface area contributed by atoms with Crippen LogP contribution in [0.4, 0.5) is 13.2 Å². The summed E-state index contributed by atoms with van der Waals surface area (Å²) in [4.78, 5) is 18.1. The van der Waals surface area contributed by atoms with E-state index in [-0.39, 0.29) is 23.4 Å². The van der Waals surface area contributed by atoms with Crippen molar-refractivity contribution >= 4 is 5.91 Å². The standard InChI is InChI=1S/C15H20F3N3O2/c1-10(19)11-4-3-7-21(8-11)14(22)13-12(5-2-6-20-13)23-9-15(16,17)18/h2,5-6,10-11H,3-4,7-9,19H2,1H3. The minimum atomic E-state index is -4.47. The molecule has 0 radical (unpaired) electrons. The Morgan fingerprint density at radius 1 is 1.57 bits per heavy atom. The molecule has 2 heterocycles. The number of aromatic nitrogens is 1. The lowest BCUT2D eigenvalue weighted by Gasteiger charge is -2.34. The molecule has 0 aromatic carbocycles. The zero-order chi connectivity index (χ0) is 17.0. The van der Waals surface area contributed by atoms with Crippen LogP contribution >= 0.6 is 0 Å². The quantitative estimate of drug-likeness (QED) is 0.918. The smallest absolute Gasteiger partial charge is 0.422 e. The minimum Gasteiger partial charge on any atom is -0.482 e. The highest BCUT2D eigenvalue weighted by molar-refractivity contribution is 5.95. The SMILES string of the molecule is CC(N)C1CCCN(C(=O)c2ncccc2OCC(F)(F)F)C1. The fourth-order valence-corrected chi connectivity index (χ4v) is 2.60. The first kappa shape index (κ1) is 17.5. The lowest BCUT2D eigenvalue weighted by molar-refractivity contribution is -0.153. The minimum absolute atomic E-state index is 0.0460. The molecule has 2 N–H and O–H groups in total. The molecule has 1 aromatic heterocycles. The van der Waals surface area contributed by atoms with Gasteiger partial charge in [0.2, 0.25) is 0 Å². The number of hydrogen-bond acceptors (Lipinski definition) is 4. The van der Waals surface area contributed by atoms with Crippen LogP contribution in [0.25, 0.3) is 0 Å². The normalized spacial score (nSPS) is 20.2. The second kappa shape index (κ2) is 7.16. The number of piperidine rings is 1. The van der Waals surface area contributed by atoms with Gasteiger partial charge in [0.05, 0.1) is 0 Å². The van der Waals surface area contributed by atoms with Crippen LogP contribution < -0.4 is 10.5 Å². The second-order valence-electron chi connectivity index (χ2n) is 5.77. The molecule has 2 atom stereocenters. The molecule has 1 saturated heterocycles. The van der Waals surface area contributed by atoms with Gasteiger partial charge in [-0.2, -0.15) is 13.2 Å². The maximum absolute atomic E-state index is 12.6. The van der Waals surface area contributed by atoms with Gasteiger partial charge in [-0.05, 0) is 37.8 Å². The van der Waals surface area contributed by atoms with Crippen LogP contribution in [-0.2, 0) is 0 Å². The van der Waals surface area contributed by atoms with E-state index in [0.717, 1.165) is 12.8 Å². The van der Waals surface area contributed by atoms with Gasteiger partial charge in [0, 0.05) is 25.3 Å². The van der Waals surface area contributed by atoms with Crippen LogP contribution in [0.15, 0.2) is 18.3 Å². The van der Waals surface area contributed by atoms with E-state index in [1.54, 1.807) is 4.90 Å². The summed E-state index contributed by atoms with van der Waals surface area (Å²) in [6.45, 7) is 1.45. The van der Waals surface area contributed by atoms with Crippen LogP contribution in [0.3, 0.4) is 0 Å². The highest BCUT2D eigenvalue weighted by Gasteiger charge is 2.31. The molecule has 1 aliphatic heterocycles. The molecule has 0 saturated carbocycles. The lowest BCUT2D eigenvalue weighted by Crippen LogP contribution is -2.45. The van der Waals surface area contributed by atoms with Crippen LogP contribution in [0, 0.1) is 5.92 Å². The summed E-state index contributed by atoms with van der Waals surface area (Å²) in [6, 6.07) is 2.71. The number of carbonyl (C=O) groups excluding carboxylic acids is 1. The molecule has 0 aliphatic carbocycles. The number of alkyl halides is 3. The molecule has 0 spiro atoms. The van der Waals surface area contributed by atoms with Gasteiger partial charge >= 0.3 is 6.18 Å². The average Bonchev–Trinajstić information content (AvgIpc) is 2.52. The molecule has 1 fully saturated rings. The Labute approximate surface area is 132 Å². The fourth-order valence-electron chi connectivity index (χ4n) is 2.60. The number of ether oxygens (including phenoxy) is 1. The zero-order valence-electron chi connectivity index (χ0n) is 12.8. The van der Waals surface area contributed by atoms with Crippen molar-refractivity contribution in [1.82, 2.24) is 9.88 Å². The first-order chi connectivity index (χ1) is 10.8. The van der Waals surface area contributed by atoms with E-state index in [4.69, 9.17) is 10.5 Å². The monoisotopic (exact) mass is 331 g/mol. The Morgan fingerprint density at radius 2 is 2.30 bits per heavy atom. The molecule has 0 bridgehead atoms. The van der Waals surface area contributed by atoms with Crippen molar-refractivity contribution < 1.29 is 22.7 Å². The maximum Gasteiger partial charge on any atom is 0.422 e. The maximum atomic E-state index is 12.6. The highest BCUT2D eigenvalue weighted by atomic mass is 19.4. The summed E-state index contributed by atoms with van der Waals surface area (Å²) >= 11 is 0. The third kappa shape index (κ3) is 4.82. The predicted octanol–water partition coefficient (Wildman–Crippen LogP) is 2.22. The number of carbonyl (C=O) groups is 1. The van der Waals surface area contributed by atoms with Crippen LogP contribution in [0.5, 0.6) is 5.75 Å². The van der Waals surface area contributed by atoms with Gasteiger partial charge in [0.15, 0.2) is 18.1 Å². The number of amides is 1. The predicted molar refractivity (Wildman–Crippen MR) is 78.1 cm³/mol. The molecule has 1 aromatic rings. The molecule has 23 heavy (non-hydrogen) atoms. The Bertz CT molecular complexity index is 549. The molecule has 5 nitrogen and oxygen atoms in total. The van der Waals surface area contributed by atoms with Crippen LogP contribution in [0.2, 0.25) is 0 Å². The Morgan fingerprint density at radius 3 is 2.96 bits per heavy atom. The van der Waals surface area contributed by atoms with Crippen molar-refractivity contribution in [1.29, 1.82) is 0 Å². The summed E-state index contributed by atoms with van der Waals surface area (Å²) in [7, 11) is 0. The molecular formula is C15H20F3N3O2. The number of pyridine rings is 1. The number of likely N-dealkylation sites (tertiary alicyclic amines) is 1. The van der Waals surface area contributed by atoms with Crippen molar-refractivity contribution in [2.45, 2.75) is 32.0 Å². The summed E-state index contributed by atoms with van der Waals surface area (Å²) in [5.41, 5.74) is 5.80. The van der Waals surface area contributed by atoms with Crippen molar-refractivity contribution in [3.8, 4) is 5.75 Å². The van der Waals surface area contributed by atoms with Gasteiger partial charge in [0.25, 0.3) is 5.91 Å². The molecule has 128 valence electrons. The summed E-state index contributed by atoms with van der Waals surface area (Å²) in [6.07, 6.45) is -1.37. The molecule has 2 unspecified atom stereocenters. The Kier molecular flexibility index (Phi) is 5.46. The Balaban J connectivity index is 2.12. The van der Waals surface area contributed by atoms with Crippen LogP contribution in [0.1, 0.15) is 30.3 Å². The van der Waals surface area contributed by atoms with Crippen molar-refractivity contribution in [3.63, 3.8) is 0 Å². The van der Waals surface area contributed by atoms with E-state index in [0.29, 0.717) is 13.1 Å². The van der Waals surface area contributed by atoms with Gasteiger partial charge in [-0.3, -0.25) is 4.79 Å². The van der Waals surface area contributed by atoms with Crippen molar-refractivity contribution in [3.05, 3.63) is 24.0 Å². The van der Waals surface area contributed by atoms with E-state index in [1.807, 2.05) is 6.92 Å². The van der Waals surface area contributed by atoms with Crippen molar-refractivity contribution in [2.24, 2.45) is 11.7 Å². The number of nitrogens with zero attached hydrogens (tertiary/aromatic N) is 2. The third-order valence-electron chi connectivity index (χ3n) is 3.85. The number of halogens is 3. The lowest BCUT2D eigenvalue weighted by atomic mass is 9.92. The first-order valence-electron chi connectivity index (χ1n) is 7.47. The number of hydrogen-bond donors (Lipinski definition) is 1.